The Kier molecular flexibility index (Phi) is 13.1. The molecule has 0 saturated carbocycles. The Morgan fingerprint density at radius 2 is 1.32 bits per heavy atom. The average molecular weight is 417 g/mol. The summed E-state index contributed by atoms with van der Waals surface area (Å²) in [6.45, 7) is 2.40. The fraction of sp³-hybridized carbons (Fsp3) is 0.545. The summed E-state index contributed by atoms with van der Waals surface area (Å²) in [5, 5.41) is 1.69. The summed E-state index contributed by atoms with van der Waals surface area (Å²) in [4.78, 5) is 0. The fourth-order valence-electron chi connectivity index (χ4n) is 3.15. The molecule has 0 atom stereocenters. The first-order chi connectivity index (χ1) is 13.1. The predicted octanol–water partition coefficient (Wildman–Crippen LogP) is 5.75. The maximum absolute atomic E-state index is 12.1. The van der Waals surface area contributed by atoms with E-state index in [1.54, 1.807) is 12.1 Å². The molecule has 0 fully saturated rings. The number of unbranched alkanes of at least 4 members (excludes halogenated alkanes) is 9. The molecule has 152 valence electrons. The summed E-state index contributed by atoms with van der Waals surface area (Å²) in [6, 6.07) is 12.8. The molecule has 0 aliphatic heterocycles. The van der Waals surface area contributed by atoms with Gasteiger partial charge in [0.1, 0.15) is 0 Å². The molecule has 0 radical (unpaired) electrons. The van der Waals surface area contributed by atoms with Gasteiger partial charge in [0.05, 0.1) is 6.61 Å². The van der Waals surface area contributed by atoms with Crippen molar-refractivity contribution in [2.45, 2.75) is 71.1 Å². The van der Waals surface area contributed by atoms with Gasteiger partial charge in [-0.15, -0.1) is 0 Å². The van der Waals surface area contributed by atoms with Crippen molar-refractivity contribution in [3.63, 3.8) is 0 Å². The average Bonchev–Trinajstić information content (AvgIpc) is 2.66. The molecule has 0 saturated heterocycles. The van der Waals surface area contributed by atoms with Crippen molar-refractivity contribution in [2.24, 2.45) is 0 Å². The second kappa shape index (κ2) is 14.4. The molecule has 0 aromatic heterocycles. The summed E-state index contributed by atoms with van der Waals surface area (Å²) in [5.41, 5.74) is 0. The van der Waals surface area contributed by atoms with Crippen LogP contribution >= 0.6 is 0 Å². The molecule has 0 aliphatic carbocycles. The molecule has 2 aromatic rings. The normalized spacial score (nSPS) is 11.3. The third-order valence-electron chi connectivity index (χ3n) is 4.67. The number of fused-ring (bicyclic) bond motifs is 1. The number of rotatable bonds is 14. The maximum atomic E-state index is 12.1. The fourth-order valence-corrected chi connectivity index (χ4v) is 3.89. The molecule has 28 heavy (non-hydrogen) atoms. The van der Waals surface area contributed by atoms with Crippen molar-refractivity contribution in [3.8, 4) is 5.75 Å². The van der Waals surface area contributed by atoms with E-state index in [0.717, 1.165) is 30.0 Å². The van der Waals surface area contributed by atoms with E-state index in [2.05, 4.69) is 6.92 Å². The second-order valence-electron chi connectivity index (χ2n) is 6.97. The van der Waals surface area contributed by atoms with E-state index in [4.69, 9.17) is 8.37 Å². The van der Waals surface area contributed by atoms with E-state index in [9.17, 15) is 8.42 Å². The van der Waals surface area contributed by atoms with Gasteiger partial charge in [0.25, 0.3) is 0 Å². The standard InChI is InChI=1S/C22H32O4S.Na.H/c1-2-3-4-5-6-7-8-9-10-13-19-25-27(23,24)26-22-18-14-16-20-15-11-12-17-21(20)22;;/h11-12,14-18H,2-10,13,19H2,1H3;;. The summed E-state index contributed by atoms with van der Waals surface area (Å²) in [6.07, 6.45) is 11.9. The zero-order valence-electron chi connectivity index (χ0n) is 16.4. The molecule has 0 spiro atoms. The van der Waals surface area contributed by atoms with E-state index >= 15 is 0 Å². The monoisotopic (exact) mass is 416 g/mol. The first kappa shape index (κ1) is 25.4. The van der Waals surface area contributed by atoms with Crippen LogP contribution in [0.5, 0.6) is 5.75 Å². The summed E-state index contributed by atoms with van der Waals surface area (Å²) in [7, 11) is -4.04. The Morgan fingerprint density at radius 3 is 2.00 bits per heavy atom. The van der Waals surface area contributed by atoms with Crippen molar-refractivity contribution in [1.82, 2.24) is 0 Å². The SMILES string of the molecule is CCCCCCCCCCCCOS(=O)(=O)Oc1cccc2ccccc12.[NaH]. The van der Waals surface area contributed by atoms with Gasteiger partial charge in [-0.2, -0.15) is 8.42 Å². The topological polar surface area (TPSA) is 52.6 Å². The van der Waals surface area contributed by atoms with Gasteiger partial charge < -0.3 is 4.18 Å². The molecular weight excluding hydrogens is 383 g/mol. The van der Waals surface area contributed by atoms with E-state index < -0.39 is 10.4 Å². The van der Waals surface area contributed by atoms with E-state index in [-0.39, 0.29) is 36.2 Å². The Morgan fingerprint density at radius 1 is 0.750 bits per heavy atom. The molecule has 0 unspecified atom stereocenters. The zero-order chi connectivity index (χ0) is 19.4. The molecule has 2 aromatic carbocycles. The molecule has 4 nitrogen and oxygen atoms in total. The van der Waals surface area contributed by atoms with Crippen molar-refractivity contribution in [3.05, 3.63) is 42.5 Å². The van der Waals surface area contributed by atoms with Crippen LogP contribution in [0.2, 0.25) is 0 Å². The Bertz CT molecular complexity index is 772. The second-order valence-corrected chi connectivity index (χ2v) is 8.19. The molecule has 0 heterocycles. The summed E-state index contributed by atoms with van der Waals surface area (Å²) >= 11 is 0. The minimum atomic E-state index is -4.04. The Balaban J connectivity index is 0.00000392. The van der Waals surface area contributed by atoms with Gasteiger partial charge in [-0.3, -0.25) is 0 Å². The van der Waals surface area contributed by atoms with E-state index in [1.165, 1.54) is 44.9 Å². The first-order valence-corrected chi connectivity index (χ1v) is 11.5. The third kappa shape index (κ3) is 9.75. The first-order valence-electron chi connectivity index (χ1n) is 10.2. The van der Waals surface area contributed by atoms with Gasteiger partial charge in [0.15, 0.2) is 5.75 Å². The van der Waals surface area contributed by atoms with E-state index in [0.29, 0.717) is 5.75 Å². The van der Waals surface area contributed by atoms with Crippen LogP contribution in [0.4, 0.5) is 0 Å². The summed E-state index contributed by atoms with van der Waals surface area (Å²) in [5.74, 6) is 0.302. The Labute approximate surface area is 192 Å². The Hall–Kier alpha value is -0.590. The number of hydrogen-bond acceptors (Lipinski definition) is 4. The van der Waals surface area contributed by atoms with Crippen molar-refractivity contribution in [2.75, 3.05) is 6.61 Å². The zero-order valence-corrected chi connectivity index (χ0v) is 17.2. The van der Waals surface area contributed by atoms with Crippen molar-refractivity contribution in [1.29, 1.82) is 0 Å². The van der Waals surface area contributed by atoms with Gasteiger partial charge in [0.2, 0.25) is 0 Å². The van der Waals surface area contributed by atoms with Crippen LogP contribution in [-0.4, -0.2) is 44.6 Å². The van der Waals surface area contributed by atoms with Gasteiger partial charge in [-0.25, -0.2) is 4.18 Å². The van der Waals surface area contributed by atoms with Crippen LogP contribution in [0.1, 0.15) is 71.1 Å². The molecule has 6 heteroatoms. The van der Waals surface area contributed by atoms with Gasteiger partial charge >= 0.3 is 40.0 Å². The van der Waals surface area contributed by atoms with Crippen molar-refractivity contribution < 1.29 is 16.8 Å². The van der Waals surface area contributed by atoms with Crippen molar-refractivity contribution >= 4 is 50.7 Å². The van der Waals surface area contributed by atoms with Gasteiger partial charge in [0, 0.05) is 5.39 Å². The molecule has 0 amide bonds. The molecule has 2 rings (SSSR count). The molecular formula is C22H33NaO4S. The molecule has 0 N–H and O–H groups in total. The van der Waals surface area contributed by atoms with Gasteiger partial charge in [-0.05, 0) is 17.9 Å². The van der Waals surface area contributed by atoms with E-state index in [1.807, 2.05) is 30.3 Å². The van der Waals surface area contributed by atoms with Crippen LogP contribution in [-0.2, 0) is 14.6 Å². The molecule has 0 aliphatic rings. The van der Waals surface area contributed by atoms with Gasteiger partial charge in [-0.1, -0.05) is 101 Å². The van der Waals surface area contributed by atoms with Crippen LogP contribution in [0.3, 0.4) is 0 Å². The summed E-state index contributed by atoms with van der Waals surface area (Å²) < 4.78 is 34.3. The predicted molar refractivity (Wildman–Crippen MR) is 118 cm³/mol. The number of benzene rings is 2. The minimum absolute atomic E-state index is 0. The van der Waals surface area contributed by atoms with Crippen LogP contribution < -0.4 is 4.18 Å². The molecule has 0 bridgehead atoms. The van der Waals surface area contributed by atoms with Crippen LogP contribution in [0.25, 0.3) is 10.8 Å². The third-order valence-corrected chi connectivity index (χ3v) is 5.51. The quantitative estimate of drug-likeness (QED) is 0.290. The number of hydrogen-bond donors (Lipinski definition) is 0. The van der Waals surface area contributed by atoms with Crippen LogP contribution in [0.15, 0.2) is 42.5 Å². The van der Waals surface area contributed by atoms with Crippen LogP contribution in [0, 0.1) is 0 Å².